The lowest BCUT2D eigenvalue weighted by atomic mass is 10.1. The van der Waals surface area contributed by atoms with Gasteiger partial charge in [-0.1, -0.05) is 0 Å². The molecule has 1 saturated heterocycles. The quantitative estimate of drug-likeness (QED) is 0.886. The number of rotatable bonds is 3. The first-order chi connectivity index (χ1) is 9.42. The highest BCUT2D eigenvalue weighted by Crippen LogP contribution is 2.16. The molecule has 0 saturated carbocycles. The van der Waals surface area contributed by atoms with E-state index < -0.39 is 0 Å². The maximum absolute atomic E-state index is 4.23. The molecule has 0 amide bonds. The lowest BCUT2D eigenvalue weighted by Gasteiger charge is -2.17. The van der Waals surface area contributed by atoms with E-state index in [1.165, 1.54) is 24.9 Å². The van der Waals surface area contributed by atoms with Gasteiger partial charge in [-0.15, -0.1) is 0 Å². The van der Waals surface area contributed by atoms with E-state index in [0.717, 1.165) is 18.8 Å². The SMILES string of the molecule is c1cnn(-c2ccc(NC3CCCNCC3)cc2)c1. The summed E-state index contributed by atoms with van der Waals surface area (Å²) in [6, 6.07) is 11.0. The average Bonchev–Trinajstić information content (AvgIpc) is 2.86. The van der Waals surface area contributed by atoms with Crippen LogP contribution in [0.5, 0.6) is 0 Å². The Morgan fingerprint density at radius 3 is 2.84 bits per heavy atom. The maximum atomic E-state index is 4.23. The summed E-state index contributed by atoms with van der Waals surface area (Å²) in [6.45, 7) is 2.26. The number of hydrogen-bond donors (Lipinski definition) is 2. The Hall–Kier alpha value is -1.81. The van der Waals surface area contributed by atoms with Crippen molar-refractivity contribution in [3.05, 3.63) is 42.7 Å². The van der Waals surface area contributed by atoms with Crippen LogP contribution in [-0.2, 0) is 0 Å². The van der Waals surface area contributed by atoms with Crippen LogP contribution >= 0.6 is 0 Å². The topological polar surface area (TPSA) is 41.9 Å². The fourth-order valence-corrected chi connectivity index (χ4v) is 2.53. The van der Waals surface area contributed by atoms with Gasteiger partial charge in [-0.3, -0.25) is 0 Å². The van der Waals surface area contributed by atoms with Crippen molar-refractivity contribution in [1.29, 1.82) is 0 Å². The van der Waals surface area contributed by atoms with E-state index in [4.69, 9.17) is 0 Å². The standard InChI is InChI=1S/C15H20N4/c1-3-13(8-11-16-9-1)18-14-4-6-15(7-5-14)19-12-2-10-17-19/h2,4-7,10,12-13,16,18H,1,3,8-9,11H2. The fraction of sp³-hybridized carbons (Fsp3) is 0.400. The molecule has 4 nitrogen and oxygen atoms in total. The normalized spacial score (nSPS) is 19.9. The van der Waals surface area contributed by atoms with E-state index in [1.807, 2.05) is 16.9 Å². The molecule has 0 radical (unpaired) electrons. The smallest absolute Gasteiger partial charge is 0.0647 e. The van der Waals surface area contributed by atoms with Crippen molar-refractivity contribution in [1.82, 2.24) is 15.1 Å². The molecule has 1 fully saturated rings. The summed E-state index contributed by atoms with van der Waals surface area (Å²) in [7, 11) is 0. The highest BCUT2D eigenvalue weighted by Gasteiger charge is 2.11. The number of nitrogens with zero attached hydrogens (tertiary/aromatic N) is 2. The largest absolute Gasteiger partial charge is 0.382 e. The molecule has 1 aliphatic rings. The van der Waals surface area contributed by atoms with Crippen molar-refractivity contribution < 1.29 is 0 Å². The van der Waals surface area contributed by atoms with Crippen LogP contribution in [0.4, 0.5) is 5.69 Å². The van der Waals surface area contributed by atoms with Gasteiger partial charge in [0.15, 0.2) is 0 Å². The number of nitrogens with one attached hydrogen (secondary N) is 2. The van der Waals surface area contributed by atoms with Gasteiger partial charge in [-0.05, 0) is 62.7 Å². The number of benzene rings is 1. The molecule has 2 N–H and O–H groups in total. The van der Waals surface area contributed by atoms with Crippen LogP contribution < -0.4 is 10.6 Å². The Kier molecular flexibility index (Phi) is 3.79. The minimum Gasteiger partial charge on any atom is -0.382 e. The van der Waals surface area contributed by atoms with Gasteiger partial charge in [0.05, 0.1) is 5.69 Å². The lowest BCUT2D eigenvalue weighted by Crippen LogP contribution is -2.21. The Morgan fingerprint density at radius 1 is 1.16 bits per heavy atom. The number of aromatic nitrogens is 2. The zero-order valence-corrected chi connectivity index (χ0v) is 11.0. The Labute approximate surface area is 113 Å². The minimum atomic E-state index is 0.588. The third-order valence-corrected chi connectivity index (χ3v) is 3.58. The molecule has 2 heterocycles. The summed E-state index contributed by atoms with van der Waals surface area (Å²) in [5.74, 6) is 0. The summed E-state index contributed by atoms with van der Waals surface area (Å²) < 4.78 is 1.87. The molecular weight excluding hydrogens is 236 g/mol. The van der Waals surface area contributed by atoms with Crippen LogP contribution in [-0.4, -0.2) is 28.9 Å². The predicted molar refractivity (Wildman–Crippen MR) is 77.7 cm³/mol. The molecule has 0 bridgehead atoms. The number of anilines is 1. The van der Waals surface area contributed by atoms with Crippen LogP contribution in [0.15, 0.2) is 42.7 Å². The van der Waals surface area contributed by atoms with Crippen molar-refractivity contribution in [2.45, 2.75) is 25.3 Å². The molecule has 1 aromatic heterocycles. The summed E-state index contributed by atoms with van der Waals surface area (Å²) >= 11 is 0. The molecule has 0 spiro atoms. The van der Waals surface area contributed by atoms with Gasteiger partial charge in [0.25, 0.3) is 0 Å². The molecular formula is C15H20N4. The van der Waals surface area contributed by atoms with Gasteiger partial charge in [0, 0.05) is 24.1 Å². The monoisotopic (exact) mass is 256 g/mol. The van der Waals surface area contributed by atoms with Crippen LogP contribution in [0.1, 0.15) is 19.3 Å². The van der Waals surface area contributed by atoms with Gasteiger partial charge >= 0.3 is 0 Å². The third-order valence-electron chi connectivity index (χ3n) is 3.58. The molecule has 19 heavy (non-hydrogen) atoms. The summed E-state index contributed by atoms with van der Waals surface area (Å²) in [5.41, 5.74) is 2.29. The first kappa shape index (κ1) is 12.2. The molecule has 1 aliphatic heterocycles. The van der Waals surface area contributed by atoms with E-state index in [9.17, 15) is 0 Å². The van der Waals surface area contributed by atoms with Crippen LogP contribution in [0, 0.1) is 0 Å². The Morgan fingerprint density at radius 2 is 2.05 bits per heavy atom. The van der Waals surface area contributed by atoms with Gasteiger partial charge in [-0.2, -0.15) is 5.10 Å². The predicted octanol–water partition coefficient (Wildman–Crippen LogP) is 2.43. The molecule has 2 aromatic rings. The lowest BCUT2D eigenvalue weighted by molar-refractivity contribution is 0.637. The first-order valence-corrected chi connectivity index (χ1v) is 6.99. The van der Waals surface area contributed by atoms with Gasteiger partial charge in [0.2, 0.25) is 0 Å². The van der Waals surface area contributed by atoms with E-state index in [2.05, 4.69) is 40.0 Å². The summed E-state index contributed by atoms with van der Waals surface area (Å²) in [6.07, 6.45) is 7.45. The molecule has 100 valence electrons. The van der Waals surface area contributed by atoms with E-state index in [1.54, 1.807) is 6.20 Å². The second-order valence-electron chi connectivity index (χ2n) is 5.02. The van der Waals surface area contributed by atoms with E-state index in [0.29, 0.717) is 6.04 Å². The molecule has 4 heteroatoms. The van der Waals surface area contributed by atoms with Crippen molar-refractivity contribution >= 4 is 5.69 Å². The van der Waals surface area contributed by atoms with Crippen molar-refractivity contribution in [3.8, 4) is 5.69 Å². The van der Waals surface area contributed by atoms with E-state index in [-0.39, 0.29) is 0 Å². The Bertz CT molecular complexity index is 481. The highest BCUT2D eigenvalue weighted by atomic mass is 15.3. The highest BCUT2D eigenvalue weighted by molar-refractivity contribution is 5.49. The maximum Gasteiger partial charge on any atom is 0.0647 e. The molecule has 1 aromatic carbocycles. The van der Waals surface area contributed by atoms with Crippen LogP contribution in [0.2, 0.25) is 0 Å². The van der Waals surface area contributed by atoms with Gasteiger partial charge in [-0.25, -0.2) is 4.68 Å². The summed E-state index contributed by atoms with van der Waals surface area (Å²) in [5, 5.41) is 11.3. The van der Waals surface area contributed by atoms with Crippen molar-refractivity contribution in [2.75, 3.05) is 18.4 Å². The average molecular weight is 256 g/mol. The molecule has 0 aliphatic carbocycles. The third kappa shape index (κ3) is 3.15. The fourth-order valence-electron chi connectivity index (χ4n) is 2.53. The second-order valence-corrected chi connectivity index (χ2v) is 5.02. The summed E-state index contributed by atoms with van der Waals surface area (Å²) in [4.78, 5) is 0. The minimum absolute atomic E-state index is 0.588. The van der Waals surface area contributed by atoms with Crippen molar-refractivity contribution in [2.24, 2.45) is 0 Å². The van der Waals surface area contributed by atoms with Gasteiger partial charge in [0.1, 0.15) is 0 Å². The molecule has 3 rings (SSSR count). The van der Waals surface area contributed by atoms with Crippen molar-refractivity contribution in [3.63, 3.8) is 0 Å². The van der Waals surface area contributed by atoms with E-state index >= 15 is 0 Å². The van der Waals surface area contributed by atoms with Crippen LogP contribution in [0.3, 0.4) is 0 Å². The molecule has 1 unspecified atom stereocenters. The molecule has 1 atom stereocenters. The second kappa shape index (κ2) is 5.89. The number of hydrogen-bond acceptors (Lipinski definition) is 3. The zero-order chi connectivity index (χ0) is 12.9. The zero-order valence-electron chi connectivity index (χ0n) is 11.0. The van der Waals surface area contributed by atoms with Crippen LogP contribution in [0.25, 0.3) is 5.69 Å². The van der Waals surface area contributed by atoms with Gasteiger partial charge < -0.3 is 10.6 Å². The first-order valence-electron chi connectivity index (χ1n) is 6.99. The Balaban J connectivity index is 1.65.